The number of ether oxygens (including phenoxy) is 1. The lowest BCUT2D eigenvalue weighted by molar-refractivity contribution is -0.148. The number of nitrogens with one attached hydrogen (secondary N) is 2. The molecule has 1 atom stereocenters. The molecule has 1 aliphatic carbocycles. The predicted molar refractivity (Wildman–Crippen MR) is 61.8 cm³/mol. The van der Waals surface area contributed by atoms with Gasteiger partial charge < -0.3 is 20.5 Å². The van der Waals surface area contributed by atoms with E-state index in [4.69, 9.17) is 9.84 Å². The van der Waals surface area contributed by atoms with Crippen LogP contribution in [-0.4, -0.2) is 41.9 Å². The van der Waals surface area contributed by atoms with E-state index in [0.29, 0.717) is 26.1 Å². The first-order valence-electron chi connectivity index (χ1n) is 5.90. The summed E-state index contributed by atoms with van der Waals surface area (Å²) in [6, 6.07) is -0.583. The highest BCUT2D eigenvalue weighted by Crippen LogP contribution is 2.31. The summed E-state index contributed by atoms with van der Waals surface area (Å²) in [4.78, 5) is 22.6. The van der Waals surface area contributed by atoms with Crippen LogP contribution in [-0.2, 0) is 9.53 Å². The first kappa shape index (κ1) is 13.8. The molecule has 6 nitrogen and oxygen atoms in total. The average molecular weight is 244 g/mol. The number of amides is 2. The van der Waals surface area contributed by atoms with Gasteiger partial charge in [-0.25, -0.2) is 9.59 Å². The molecule has 98 valence electrons. The number of hydrogen-bond acceptors (Lipinski definition) is 3. The zero-order valence-electron chi connectivity index (χ0n) is 10.3. The lowest BCUT2D eigenvalue weighted by Crippen LogP contribution is -2.62. The number of carbonyl (C=O) groups excluding carboxylic acids is 1. The Morgan fingerprint density at radius 3 is 2.53 bits per heavy atom. The van der Waals surface area contributed by atoms with Gasteiger partial charge in [-0.15, -0.1) is 0 Å². The van der Waals surface area contributed by atoms with Crippen LogP contribution in [0.4, 0.5) is 4.79 Å². The molecule has 1 fully saturated rings. The van der Waals surface area contributed by atoms with Crippen molar-refractivity contribution in [2.75, 3.05) is 13.2 Å². The molecule has 3 N–H and O–H groups in total. The van der Waals surface area contributed by atoms with Crippen molar-refractivity contribution in [3.05, 3.63) is 0 Å². The van der Waals surface area contributed by atoms with Gasteiger partial charge in [-0.3, -0.25) is 0 Å². The smallest absolute Gasteiger partial charge is 0.329 e. The van der Waals surface area contributed by atoms with E-state index in [1.807, 2.05) is 13.8 Å². The van der Waals surface area contributed by atoms with Crippen LogP contribution in [0.5, 0.6) is 0 Å². The van der Waals surface area contributed by atoms with Crippen LogP contribution < -0.4 is 10.6 Å². The lowest BCUT2D eigenvalue weighted by atomic mass is 9.77. The Hall–Kier alpha value is -1.30. The van der Waals surface area contributed by atoms with Crippen molar-refractivity contribution in [3.63, 3.8) is 0 Å². The van der Waals surface area contributed by atoms with Crippen LogP contribution in [0, 0.1) is 0 Å². The summed E-state index contributed by atoms with van der Waals surface area (Å²) in [5, 5.41) is 14.2. The van der Waals surface area contributed by atoms with Crippen molar-refractivity contribution >= 4 is 12.0 Å². The van der Waals surface area contributed by atoms with Gasteiger partial charge in [0.25, 0.3) is 0 Å². The third kappa shape index (κ3) is 3.59. The maximum atomic E-state index is 11.6. The number of carboxylic acid groups (broad SMARTS) is 1. The second-order valence-electron chi connectivity index (χ2n) is 4.40. The molecule has 0 saturated heterocycles. The summed E-state index contributed by atoms with van der Waals surface area (Å²) in [5.74, 6) is -0.962. The van der Waals surface area contributed by atoms with Gasteiger partial charge >= 0.3 is 12.0 Å². The standard InChI is InChI=1S/C11H20N2O4/c1-3-17-7-8(2)12-10(16)13-11(9(14)15)5-4-6-11/h8H,3-7H2,1-2H3,(H,14,15)(H2,12,13,16). The molecule has 0 radical (unpaired) electrons. The van der Waals surface area contributed by atoms with Crippen molar-refractivity contribution in [2.24, 2.45) is 0 Å². The van der Waals surface area contributed by atoms with Gasteiger partial charge in [0.1, 0.15) is 5.54 Å². The first-order chi connectivity index (χ1) is 8.00. The zero-order chi connectivity index (χ0) is 12.9. The fourth-order valence-electron chi connectivity index (χ4n) is 1.74. The highest BCUT2D eigenvalue weighted by molar-refractivity contribution is 5.87. The molecule has 2 amide bonds. The van der Waals surface area contributed by atoms with E-state index in [0.717, 1.165) is 6.42 Å². The van der Waals surface area contributed by atoms with Crippen molar-refractivity contribution in [2.45, 2.75) is 44.7 Å². The Labute approximate surface area is 101 Å². The number of aliphatic carboxylic acids is 1. The largest absolute Gasteiger partial charge is 0.480 e. The highest BCUT2D eigenvalue weighted by atomic mass is 16.5. The molecule has 0 spiro atoms. The number of rotatable bonds is 6. The topological polar surface area (TPSA) is 87.7 Å². The molecule has 0 aliphatic heterocycles. The number of hydrogen-bond donors (Lipinski definition) is 3. The molecule has 1 unspecified atom stereocenters. The predicted octanol–water partition coefficient (Wildman–Crippen LogP) is 0.718. The molecule has 0 bridgehead atoms. The van der Waals surface area contributed by atoms with E-state index >= 15 is 0 Å². The van der Waals surface area contributed by atoms with E-state index in [9.17, 15) is 9.59 Å². The lowest BCUT2D eigenvalue weighted by Gasteiger charge is -2.38. The second-order valence-corrected chi connectivity index (χ2v) is 4.40. The molecule has 1 rings (SSSR count). The van der Waals surface area contributed by atoms with E-state index in [-0.39, 0.29) is 6.04 Å². The minimum Gasteiger partial charge on any atom is -0.480 e. The molecular formula is C11H20N2O4. The summed E-state index contributed by atoms with van der Waals surface area (Å²) in [7, 11) is 0. The summed E-state index contributed by atoms with van der Waals surface area (Å²) >= 11 is 0. The zero-order valence-corrected chi connectivity index (χ0v) is 10.3. The summed E-state index contributed by atoms with van der Waals surface area (Å²) < 4.78 is 5.16. The van der Waals surface area contributed by atoms with Crippen LogP contribution in [0.2, 0.25) is 0 Å². The van der Waals surface area contributed by atoms with Gasteiger partial charge in [0.2, 0.25) is 0 Å². The van der Waals surface area contributed by atoms with E-state index in [1.165, 1.54) is 0 Å². The van der Waals surface area contributed by atoms with Crippen LogP contribution in [0.1, 0.15) is 33.1 Å². The maximum Gasteiger partial charge on any atom is 0.329 e. The minimum atomic E-state index is -1.06. The molecule has 0 aromatic carbocycles. The maximum absolute atomic E-state index is 11.6. The summed E-state index contributed by atoms with van der Waals surface area (Å²) in [5.41, 5.74) is -1.06. The third-order valence-corrected chi connectivity index (χ3v) is 2.92. The van der Waals surface area contributed by atoms with Crippen molar-refractivity contribution < 1.29 is 19.4 Å². The van der Waals surface area contributed by atoms with Crippen LogP contribution in [0.3, 0.4) is 0 Å². The molecule has 6 heteroatoms. The van der Waals surface area contributed by atoms with Crippen molar-refractivity contribution in [1.82, 2.24) is 10.6 Å². The van der Waals surface area contributed by atoms with Gasteiger partial charge in [0.15, 0.2) is 0 Å². The minimum absolute atomic E-state index is 0.138. The van der Waals surface area contributed by atoms with Crippen molar-refractivity contribution in [1.29, 1.82) is 0 Å². The highest BCUT2D eigenvalue weighted by Gasteiger charge is 2.45. The molecule has 0 aromatic rings. The number of urea groups is 1. The molecule has 17 heavy (non-hydrogen) atoms. The Bertz CT molecular complexity index is 289. The Kier molecular flexibility index (Phi) is 4.74. The molecule has 0 aromatic heterocycles. The van der Waals surface area contributed by atoms with Gasteiger partial charge in [0, 0.05) is 6.61 Å². The molecule has 0 heterocycles. The summed E-state index contributed by atoms with van der Waals surface area (Å²) in [6.07, 6.45) is 1.83. The van der Waals surface area contributed by atoms with E-state index < -0.39 is 17.5 Å². The van der Waals surface area contributed by atoms with Crippen molar-refractivity contribution in [3.8, 4) is 0 Å². The number of carbonyl (C=O) groups is 2. The third-order valence-electron chi connectivity index (χ3n) is 2.92. The molecular weight excluding hydrogens is 224 g/mol. The Morgan fingerprint density at radius 1 is 1.47 bits per heavy atom. The van der Waals surface area contributed by atoms with Crippen LogP contribution in [0.25, 0.3) is 0 Å². The SMILES string of the molecule is CCOCC(C)NC(=O)NC1(C(=O)O)CCC1. The number of carboxylic acids is 1. The second kappa shape index (κ2) is 5.86. The van der Waals surface area contributed by atoms with E-state index in [2.05, 4.69) is 10.6 Å². The monoisotopic (exact) mass is 244 g/mol. The quantitative estimate of drug-likeness (QED) is 0.642. The average Bonchev–Trinajstić information content (AvgIpc) is 2.19. The summed E-state index contributed by atoms with van der Waals surface area (Å²) in [6.45, 7) is 4.70. The van der Waals surface area contributed by atoms with Gasteiger partial charge in [-0.05, 0) is 33.1 Å². The Balaban J connectivity index is 2.36. The first-order valence-corrected chi connectivity index (χ1v) is 5.90. The fourth-order valence-corrected chi connectivity index (χ4v) is 1.74. The van der Waals surface area contributed by atoms with Gasteiger partial charge in [-0.1, -0.05) is 0 Å². The normalized spacial score (nSPS) is 18.9. The molecule has 1 saturated carbocycles. The Morgan fingerprint density at radius 2 is 2.12 bits per heavy atom. The fraction of sp³-hybridized carbons (Fsp3) is 0.818. The van der Waals surface area contributed by atoms with Crippen LogP contribution >= 0.6 is 0 Å². The van der Waals surface area contributed by atoms with E-state index in [1.54, 1.807) is 0 Å². The van der Waals surface area contributed by atoms with Crippen LogP contribution in [0.15, 0.2) is 0 Å². The molecule has 1 aliphatic rings. The van der Waals surface area contributed by atoms with Gasteiger partial charge in [-0.2, -0.15) is 0 Å². The van der Waals surface area contributed by atoms with Gasteiger partial charge in [0.05, 0.1) is 12.6 Å².